The first-order valence-corrected chi connectivity index (χ1v) is 6.17. The molecule has 0 aliphatic heterocycles. The Kier molecular flexibility index (Phi) is 3.87. The molecule has 1 heterocycles. The molecule has 18 heavy (non-hydrogen) atoms. The number of nitrogens with one attached hydrogen (secondary N) is 1. The van der Waals surface area contributed by atoms with E-state index >= 15 is 0 Å². The lowest BCUT2D eigenvalue weighted by Crippen LogP contribution is -2.05. The molecule has 0 aliphatic carbocycles. The third kappa shape index (κ3) is 3.01. The van der Waals surface area contributed by atoms with Crippen LogP contribution in [0.3, 0.4) is 0 Å². The zero-order valence-corrected chi connectivity index (χ0v) is 11.1. The second kappa shape index (κ2) is 5.40. The van der Waals surface area contributed by atoms with Crippen LogP contribution in [0.5, 0.6) is 0 Å². The molecule has 0 fully saturated rings. The first-order valence-electron chi connectivity index (χ1n) is 5.79. The van der Waals surface area contributed by atoms with Gasteiger partial charge in [-0.2, -0.15) is 5.10 Å². The largest absolute Gasteiger partial charge is 0.378 e. The van der Waals surface area contributed by atoms with Crippen molar-refractivity contribution in [2.45, 2.75) is 26.4 Å². The normalized spacial score (nSPS) is 10.9. The fraction of sp³-hybridized carbons (Fsp3) is 0.308. The van der Waals surface area contributed by atoms with Gasteiger partial charge in [0, 0.05) is 12.2 Å². The zero-order chi connectivity index (χ0) is 13.1. The Labute approximate surface area is 111 Å². The summed E-state index contributed by atoms with van der Waals surface area (Å²) in [5.74, 6) is -0.338. The standard InChI is InChI=1S/C13H15ClFN3/c1-9(2)18-6-5-11(17-18)8-16-13-4-3-10(15)7-12(13)14/h3-7,9,16H,8H2,1-2H3. The minimum Gasteiger partial charge on any atom is -0.378 e. The van der Waals surface area contributed by atoms with Crippen molar-refractivity contribution in [1.29, 1.82) is 0 Å². The van der Waals surface area contributed by atoms with Gasteiger partial charge in [0.2, 0.25) is 0 Å². The summed E-state index contributed by atoms with van der Waals surface area (Å²) in [4.78, 5) is 0. The van der Waals surface area contributed by atoms with Gasteiger partial charge in [-0.3, -0.25) is 4.68 Å². The molecule has 5 heteroatoms. The molecule has 0 aliphatic rings. The Morgan fingerprint density at radius 2 is 2.17 bits per heavy atom. The van der Waals surface area contributed by atoms with E-state index in [0.717, 1.165) is 5.69 Å². The molecule has 0 spiro atoms. The maximum atomic E-state index is 12.9. The minimum atomic E-state index is -0.338. The molecule has 0 saturated heterocycles. The van der Waals surface area contributed by atoms with Crippen molar-refractivity contribution < 1.29 is 4.39 Å². The summed E-state index contributed by atoms with van der Waals surface area (Å²) in [7, 11) is 0. The Morgan fingerprint density at radius 3 is 2.78 bits per heavy atom. The monoisotopic (exact) mass is 267 g/mol. The van der Waals surface area contributed by atoms with Gasteiger partial charge >= 0.3 is 0 Å². The van der Waals surface area contributed by atoms with Crippen LogP contribution >= 0.6 is 11.6 Å². The van der Waals surface area contributed by atoms with E-state index < -0.39 is 0 Å². The molecule has 3 nitrogen and oxygen atoms in total. The van der Waals surface area contributed by atoms with Gasteiger partial charge in [0.25, 0.3) is 0 Å². The third-order valence-corrected chi connectivity index (χ3v) is 2.90. The zero-order valence-electron chi connectivity index (χ0n) is 10.3. The molecule has 0 radical (unpaired) electrons. The highest BCUT2D eigenvalue weighted by Gasteiger charge is 2.04. The topological polar surface area (TPSA) is 29.9 Å². The highest BCUT2D eigenvalue weighted by molar-refractivity contribution is 6.33. The highest BCUT2D eigenvalue weighted by atomic mass is 35.5. The van der Waals surface area contributed by atoms with Crippen LogP contribution in [0.4, 0.5) is 10.1 Å². The van der Waals surface area contributed by atoms with E-state index in [1.54, 1.807) is 6.07 Å². The molecular weight excluding hydrogens is 253 g/mol. The molecular formula is C13H15ClFN3. The van der Waals surface area contributed by atoms with Gasteiger partial charge < -0.3 is 5.32 Å². The number of rotatable bonds is 4. The van der Waals surface area contributed by atoms with Crippen molar-refractivity contribution in [3.8, 4) is 0 Å². The summed E-state index contributed by atoms with van der Waals surface area (Å²) in [6.07, 6.45) is 1.94. The number of benzene rings is 1. The van der Waals surface area contributed by atoms with Crippen molar-refractivity contribution in [2.24, 2.45) is 0 Å². The number of anilines is 1. The van der Waals surface area contributed by atoms with E-state index in [1.165, 1.54) is 12.1 Å². The average molecular weight is 268 g/mol. The van der Waals surface area contributed by atoms with Crippen LogP contribution in [0, 0.1) is 5.82 Å². The van der Waals surface area contributed by atoms with Gasteiger partial charge in [0.1, 0.15) is 5.82 Å². The molecule has 2 rings (SSSR count). The van der Waals surface area contributed by atoms with Gasteiger partial charge in [0.15, 0.2) is 0 Å². The molecule has 0 saturated carbocycles. The van der Waals surface area contributed by atoms with Gasteiger partial charge in [-0.1, -0.05) is 11.6 Å². The summed E-state index contributed by atoms with van der Waals surface area (Å²) < 4.78 is 14.8. The third-order valence-electron chi connectivity index (χ3n) is 2.58. The lowest BCUT2D eigenvalue weighted by atomic mass is 10.3. The molecule has 2 aromatic rings. The van der Waals surface area contributed by atoms with Gasteiger partial charge in [0.05, 0.1) is 22.9 Å². The van der Waals surface area contributed by atoms with E-state index in [4.69, 9.17) is 11.6 Å². The number of nitrogens with zero attached hydrogens (tertiary/aromatic N) is 2. The summed E-state index contributed by atoms with van der Waals surface area (Å²) >= 11 is 5.92. The second-order valence-electron chi connectivity index (χ2n) is 4.36. The summed E-state index contributed by atoms with van der Waals surface area (Å²) in [5.41, 5.74) is 1.63. The molecule has 0 atom stereocenters. The van der Waals surface area contributed by atoms with Crippen molar-refractivity contribution in [2.75, 3.05) is 5.32 Å². The van der Waals surface area contributed by atoms with Crippen molar-refractivity contribution in [3.63, 3.8) is 0 Å². The van der Waals surface area contributed by atoms with Crippen LogP contribution in [-0.2, 0) is 6.54 Å². The summed E-state index contributed by atoms with van der Waals surface area (Å²) in [6.45, 7) is 4.70. The molecule has 0 amide bonds. The van der Waals surface area contributed by atoms with Crippen LogP contribution in [-0.4, -0.2) is 9.78 Å². The number of aromatic nitrogens is 2. The smallest absolute Gasteiger partial charge is 0.124 e. The molecule has 0 unspecified atom stereocenters. The molecule has 1 aromatic carbocycles. The van der Waals surface area contributed by atoms with E-state index in [2.05, 4.69) is 24.3 Å². The first kappa shape index (κ1) is 12.9. The lowest BCUT2D eigenvalue weighted by molar-refractivity contribution is 0.527. The Bertz CT molecular complexity index is 537. The van der Waals surface area contributed by atoms with Gasteiger partial charge in [-0.15, -0.1) is 0 Å². The van der Waals surface area contributed by atoms with Crippen LogP contribution in [0.25, 0.3) is 0 Å². The van der Waals surface area contributed by atoms with Gasteiger partial charge in [-0.05, 0) is 38.1 Å². The van der Waals surface area contributed by atoms with E-state index in [0.29, 0.717) is 23.3 Å². The van der Waals surface area contributed by atoms with Crippen LogP contribution in [0.1, 0.15) is 25.6 Å². The Morgan fingerprint density at radius 1 is 1.39 bits per heavy atom. The predicted molar refractivity (Wildman–Crippen MR) is 71.3 cm³/mol. The van der Waals surface area contributed by atoms with E-state index in [1.807, 2.05) is 16.9 Å². The van der Waals surface area contributed by atoms with Crippen LogP contribution < -0.4 is 5.32 Å². The van der Waals surface area contributed by atoms with Crippen molar-refractivity contribution >= 4 is 17.3 Å². The second-order valence-corrected chi connectivity index (χ2v) is 4.77. The number of hydrogen-bond donors (Lipinski definition) is 1. The Balaban J connectivity index is 2.02. The summed E-state index contributed by atoms with van der Waals surface area (Å²) in [5, 5.41) is 7.92. The molecule has 96 valence electrons. The number of hydrogen-bond acceptors (Lipinski definition) is 2. The van der Waals surface area contributed by atoms with Gasteiger partial charge in [-0.25, -0.2) is 4.39 Å². The maximum absolute atomic E-state index is 12.9. The predicted octanol–water partition coefficient (Wildman–Crippen LogP) is 3.87. The van der Waals surface area contributed by atoms with Crippen LogP contribution in [0.2, 0.25) is 5.02 Å². The SMILES string of the molecule is CC(C)n1ccc(CNc2ccc(F)cc2Cl)n1. The van der Waals surface area contributed by atoms with E-state index in [9.17, 15) is 4.39 Å². The Hall–Kier alpha value is -1.55. The summed E-state index contributed by atoms with van der Waals surface area (Å²) in [6, 6.07) is 6.58. The van der Waals surface area contributed by atoms with Crippen molar-refractivity contribution in [3.05, 3.63) is 47.0 Å². The fourth-order valence-electron chi connectivity index (χ4n) is 1.58. The molecule has 1 N–H and O–H groups in total. The molecule has 1 aromatic heterocycles. The fourth-order valence-corrected chi connectivity index (χ4v) is 1.81. The highest BCUT2D eigenvalue weighted by Crippen LogP contribution is 2.22. The van der Waals surface area contributed by atoms with Crippen LogP contribution in [0.15, 0.2) is 30.5 Å². The lowest BCUT2D eigenvalue weighted by Gasteiger charge is -2.07. The first-order chi connectivity index (χ1) is 8.56. The van der Waals surface area contributed by atoms with Crippen molar-refractivity contribution in [1.82, 2.24) is 9.78 Å². The average Bonchev–Trinajstić information content (AvgIpc) is 2.76. The van der Waals surface area contributed by atoms with E-state index in [-0.39, 0.29) is 5.82 Å². The minimum absolute atomic E-state index is 0.338. The number of halogens is 2. The maximum Gasteiger partial charge on any atom is 0.124 e. The molecule has 0 bridgehead atoms. The quantitative estimate of drug-likeness (QED) is 0.911.